The SMILES string of the molecule is Cc1cnc(NC(=O)c2cc(S(=O)(=O)N(C)c3ccccc3)ccc2N2CCCC2)s1. The molecule has 9 heteroatoms. The molecule has 0 bridgehead atoms. The highest BCUT2D eigenvalue weighted by molar-refractivity contribution is 7.92. The number of benzene rings is 2. The Bertz CT molecular complexity index is 1190. The Morgan fingerprint density at radius 3 is 2.48 bits per heavy atom. The third-order valence-electron chi connectivity index (χ3n) is 5.28. The number of sulfonamides is 1. The molecule has 31 heavy (non-hydrogen) atoms. The molecule has 1 aliphatic rings. The number of carbonyl (C=O) groups is 1. The quantitative estimate of drug-likeness (QED) is 0.603. The Morgan fingerprint density at radius 1 is 1.13 bits per heavy atom. The number of aromatic nitrogens is 1. The van der Waals surface area contributed by atoms with Crippen LogP contribution in [0.3, 0.4) is 0 Å². The molecule has 2 heterocycles. The van der Waals surface area contributed by atoms with E-state index in [9.17, 15) is 13.2 Å². The molecule has 0 spiro atoms. The van der Waals surface area contributed by atoms with E-state index >= 15 is 0 Å². The molecule has 3 aromatic rings. The minimum Gasteiger partial charge on any atom is -0.371 e. The maximum atomic E-state index is 13.3. The molecule has 1 aromatic heterocycles. The summed E-state index contributed by atoms with van der Waals surface area (Å²) in [5.74, 6) is -0.365. The third-order valence-corrected chi connectivity index (χ3v) is 7.89. The van der Waals surface area contributed by atoms with Crippen LogP contribution in [0.2, 0.25) is 0 Å². The molecule has 162 valence electrons. The van der Waals surface area contributed by atoms with Crippen molar-refractivity contribution in [2.24, 2.45) is 0 Å². The maximum Gasteiger partial charge on any atom is 0.264 e. The van der Waals surface area contributed by atoms with E-state index in [1.165, 1.54) is 28.8 Å². The first kappa shape index (κ1) is 21.3. The van der Waals surface area contributed by atoms with Crippen LogP contribution in [-0.2, 0) is 10.0 Å². The van der Waals surface area contributed by atoms with Crippen molar-refractivity contribution in [2.75, 3.05) is 34.7 Å². The van der Waals surface area contributed by atoms with Gasteiger partial charge in [0.2, 0.25) is 0 Å². The molecule has 1 aliphatic heterocycles. The number of thiazole rings is 1. The zero-order valence-corrected chi connectivity index (χ0v) is 19.0. The van der Waals surface area contributed by atoms with Crippen molar-refractivity contribution in [1.82, 2.24) is 4.98 Å². The van der Waals surface area contributed by atoms with Crippen molar-refractivity contribution in [3.05, 3.63) is 65.2 Å². The van der Waals surface area contributed by atoms with Crippen LogP contribution in [0.1, 0.15) is 28.1 Å². The summed E-state index contributed by atoms with van der Waals surface area (Å²) in [6.07, 6.45) is 3.78. The van der Waals surface area contributed by atoms with Crippen LogP contribution in [-0.4, -0.2) is 39.4 Å². The highest BCUT2D eigenvalue weighted by Gasteiger charge is 2.26. The summed E-state index contributed by atoms with van der Waals surface area (Å²) in [6.45, 7) is 3.59. The maximum absolute atomic E-state index is 13.3. The lowest BCUT2D eigenvalue weighted by Crippen LogP contribution is -2.28. The second kappa shape index (κ2) is 8.68. The van der Waals surface area contributed by atoms with Gasteiger partial charge in [-0.1, -0.05) is 18.2 Å². The second-order valence-electron chi connectivity index (χ2n) is 7.41. The van der Waals surface area contributed by atoms with Gasteiger partial charge in [-0.3, -0.25) is 14.4 Å². The van der Waals surface area contributed by atoms with E-state index in [-0.39, 0.29) is 10.8 Å². The summed E-state index contributed by atoms with van der Waals surface area (Å²) >= 11 is 1.38. The van der Waals surface area contributed by atoms with Gasteiger partial charge in [0.05, 0.1) is 16.1 Å². The summed E-state index contributed by atoms with van der Waals surface area (Å²) in [5, 5.41) is 3.31. The summed E-state index contributed by atoms with van der Waals surface area (Å²) in [6, 6.07) is 13.6. The summed E-state index contributed by atoms with van der Waals surface area (Å²) < 4.78 is 27.8. The molecule has 1 N–H and O–H groups in total. The van der Waals surface area contributed by atoms with Gasteiger partial charge in [0.15, 0.2) is 5.13 Å². The van der Waals surface area contributed by atoms with Gasteiger partial charge >= 0.3 is 0 Å². The van der Waals surface area contributed by atoms with E-state index < -0.39 is 10.0 Å². The molecular weight excluding hydrogens is 432 g/mol. The molecule has 4 rings (SSSR count). The van der Waals surface area contributed by atoms with Crippen molar-refractivity contribution < 1.29 is 13.2 Å². The molecule has 1 saturated heterocycles. The standard InChI is InChI=1S/C22H24N4O3S2/c1-16-15-23-22(30-16)24-21(27)19-14-18(10-11-20(19)26-12-6-7-13-26)31(28,29)25(2)17-8-4-3-5-9-17/h3-5,8-11,14-15H,6-7,12-13H2,1-2H3,(H,23,24,27). The number of anilines is 3. The van der Waals surface area contributed by atoms with Gasteiger partial charge in [-0.25, -0.2) is 13.4 Å². The number of nitrogens with one attached hydrogen (secondary N) is 1. The molecular formula is C22H24N4O3S2. The number of nitrogens with zero attached hydrogens (tertiary/aromatic N) is 3. The van der Waals surface area contributed by atoms with Crippen LogP contribution < -0.4 is 14.5 Å². The first-order valence-electron chi connectivity index (χ1n) is 10.0. The first-order valence-corrected chi connectivity index (χ1v) is 12.3. The van der Waals surface area contributed by atoms with Crippen LogP contribution in [0.15, 0.2) is 59.6 Å². The molecule has 1 fully saturated rings. The third kappa shape index (κ3) is 4.42. The van der Waals surface area contributed by atoms with Gasteiger partial charge in [-0.2, -0.15) is 0 Å². The van der Waals surface area contributed by atoms with Crippen LogP contribution in [0.25, 0.3) is 0 Å². The topological polar surface area (TPSA) is 82.6 Å². The lowest BCUT2D eigenvalue weighted by atomic mass is 10.1. The number of carbonyl (C=O) groups excluding carboxylic acids is 1. The molecule has 0 radical (unpaired) electrons. The predicted octanol–water partition coefficient (Wildman–Crippen LogP) is 4.13. The van der Waals surface area contributed by atoms with Crippen LogP contribution in [0.4, 0.5) is 16.5 Å². The average molecular weight is 457 g/mol. The van der Waals surface area contributed by atoms with Crippen molar-refractivity contribution >= 4 is 43.8 Å². The first-order chi connectivity index (χ1) is 14.9. The van der Waals surface area contributed by atoms with E-state index in [1.807, 2.05) is 13.0 Å². The Balaban J connectivity index is 1.72. The predicted molar refractivity (Wildman–Crippen MR) is 125 cm³/mol. The highest BCUT2D eigenvalue weighted by Crippen LogP contribution is 2.30. The minimum atomic E-state index is -3.84. The summed E-state index contributed by atoms with van der Waals surface area (Å²) in [7, 11) is -2.32. The molecule has 0 aliphatic carbocycles. The summed E-state index contributed by atoms with van der Waals surface area (Å²) in [5.41, 5.74) is 1.62. The van der Waals surface area contributed by atoms with E-state index in [2.05, 4.69) is 15.2 Å². The van der Waals surface area contributed by atoms with Gasteiger partial charge in [0.25, 0.3) is 15.9 Å². The van der Waals surface area contributed by atoms with Crippen molar-refractivity contribution in [2.45, 2.75) is 24.7 Å². The number of hydrogen-bond acceptors (Lipinski definition) is 6. The van der Waals surface area contributed by atoms with E-state index in [1.54, 1.807) is 42.6 Å². The zero-order chi connectivity index (χ0) is 22.0. The van der Waals surface area contributed by atoms with E-state index in [0.29, 0.717) is 16.4 Å². The number of hydrogen-bond donors (Lipinski definition) is 1. The van der Waals surface area contributed by atoms with Gasteiger partial charge in [0, 0.05) is 36.9 Å². The fraction of sp³-hybridized carbons (Fsp3) is 0.273. The molecule has 0 unspecified atom stereocenters. The molecule has 7 nitrogen and oxygen atoms in total. The fourth-order valence-electron chi connectivity index (χ4n) is 3.60. The second-order valence-corrected chi connectivity index (χ2v) is 10.6. The molecule has 1 amide bonds. The average Bonchev–Trinajstić information content (AvgIpc) is 3.45. The normalized spacial score (nSPS) is 13.9. The van der Waals surface area contributed by atoms with Gasteiger partial charge in [-0.15, -0.1) is 11.3 Å². The van der Waals surface area contributed by atoms with Gasteiger partial charge in [0.1, 0.15) is 0 Å². The van der Waals surface area contributed by atoms with Crippen LogP contribution >= 0.6 is 11.3 Å². The Kier molecular flexibility index (Phi) is 5.97. The molecule has 0 saturated carbocycles. The van der Waals surface area contributed by atoms with E-state index in [0.717, 1.165) is 36.5 Å². The molecule has 2 aromatic carbocycles. The minimum absolute atomic E-state index is 0.0715. The Labute approximate surface area is 186 Å². The van der Waals surface area contributed by atoms with Gasteiger partial charge < -0.3 is 4.90 Å². The van der Waals surface area contributed by atoms with Gasteiger partial charge in [-0.05, 0) is 50.1 Å². The smallest absolute Gasteiger partial charge is 0.264 e. The number of amides is 1. The monoisotopic (exact) mass is 456 g/mol. The zero-order valence-electron chi connectivity index (χ0n) is 17.4. The van der Waals surface area contributed by atoms with Crippen LogP contribution in [0, 0.1) is 6.92 Å². The van der Waals surface area contributed by atoms with Crippen molar-refractivity contribution in [1.29, 1.82) is 0 Å². The lowest BCUT2D eigenvalue weighted by Gasteiger charge is -2.23. The lowest BCUT2D eigenvalue weighted by molar-refractivity contribution is 0.102. The number of rotatable bonds is 6. The Morgan fingerprint density at radius 2 is 1.84 bits per heavy atom. The van der Waals surface area contributed by atoms with Crippen molar-refractivity contribution in [3.63, 3.8) is 0 Å². The highest BCUT2D eigenvalue weighted by atomic mass is 32.2. The van der Waals surface area contributed by atoms with Crippen LogP contribution in [0.5, 0.6) is 0 Å². The number of para-hydroxylation sites is 1. The largest absolute Gasteiger partial charge is 0.371 e. The van der Waals surface area contributed by atoms with Crippen molar-refractivity contribution in [3.8, 4) is 0 Å². The fourth-order valence-corrected chi connectivity index (χ4v) is 5.48. The molecule has 0 atom stereocenters. The Hall–Kier alpha value is -2.91. The number of aryl methyl sites for hydroxylation is 1. The van der Waals surface area contributed by atoms with E-state index in [4.69, 9.17) is 0 Å². The summed E-state index contributed by atoms with van der Waals surface area (Å²) in [4.78, 5) is 20.5.